The molecule has 1 aliphatic heterocycles. The van der Waals surface area contributed by atoms with Crippen LogP contribution in [0, 0.1) is 0 Å². The van der Waals surface area contributed by atoms with Crippen LogP contribution in [0.1, 0.15) is 5.56 Å². The fourth-order valence-electron chi connectivity index (χ4n) is 2.83. The van der Waals surface area contributed by atoms with Gasteiger partial charge in [0.25, 0.3) is 0 Å². The van der Waals surface area contributed by atoms with E-state index >= 15 is 0 Å². The number of pyridine rings is 1. The number of aryl methyl sites for hydroxylation is 1. The molecule has 0 bridgehead atoms. The third-order valence-corrected chi connectivity index (χ3v) is 5.55. The van der Waals surface area contributed by atoms with Gasteiger partial charge in [-0.15, -0.1) is 0 Å². The van der Waals surface area contributed by atoms with Crippen molar-refractivity contribution in [2.75, 3.05) is 13.2 Å². The Hall–Kier alpha value is -2.91. The molecule has 0 radical (unpaired) electrons. The maximum Gasteiger partial charge on any atom is 0.241 e. The number of hydrogen-bond donors (Lipinski definition) is 1. The lowest BCUT2D eigenvalue weighted by Crippen LogP contribution is -2.24. The molecule has 2 aromatic heterocycles. The summed E-state index contributed by atoms with van der Waals surface area (Å²) in [5.74, 6) is 0.980. The van der Waals surface area contributed by atoms with Crippen molar-refractivity contribution in [2.45, 2.75) is 11.4 Å². The Morgan fingerprint density at radius 1 is 1.19 bits per heavy atom. The molecule has 0 aliphatic carbocycles. The number of hydrogen-bond acceptors (Lipinski definition) is 6. The number of sulfonamides is 1. The molecule has 0 unspecified atom stereocenters. The maximum atomic E-state index is 12.7. The summed E-state index contributed by atoms with van der Waals surface area (Å²) < 4.78 is 40.6. The molecule has 3 heterocycles. The molecule has 0 saturated carbocycles. The van der Waals surface area contributed by atoms with Crippen LogP contribution in [0.4, 0.5) is 0 Å². The number of rotatable bonds is 5. The van der Waals surface area contributed by atoms with Crippen LogP contribution in [0.15, 0.2) is 53.8 Å². The fraction of sp³-hybridized carbons (Fsp3) is 0.222. The van der Waals surface area contributed by atoms with Crippen LogP contribution >= 0.6 is 0 Å². The molecule has 0 spiro atoms. The van der Waals surface area contributed by atoms with Crippen LogP contribution < -0.4 is 14.2 Å². The van der Waals surface area contributed by atoms with Crippen LogP contribution in [-0.2, 0) is 23.6 Å². The van der Waals surface area contributed by atoms with Gasteiger partial charge in [-0.1, -0.05) is 6.07 Å². The highest BCUT2D eigenvalue weighted by molar-refractivity contribution is 7.89. The molecule has 0 fully saturated rings. The average Bonchev–Trinajstić information content (AvgIpc) is 3.12. The molecule has 0 atom stereocenters. The molecule has 1 aromatic carbocycles. The highest BCUT2D eigenvalue weighted by Crippen LogP contribution is 2.32. The van der Waals surface area contributed by atoms with Crippen molar-refractivity contribution >= 4 is 10.0 Å². The molecule has 4 rings (SSSR count). The minimum Gasteiger partial charge on any atom is -0.486 e. The van der Waals surface area contributed by atoms with Gasteiger partial charge in [-0.2, -0.15) is 5.10 Å². The van der Waals surface area contributed by atoms with Crippen molar-refractivity contribution in [1.82, 2.24) is 19.5 Å². The van der Waals surface area contributed by atoms with E-state index in [-0.39, 0.29) is 11.4 Å². The molecule has 0 saturated heterocycles. The van der Waals surface area contributed by atoms with Crippen molar-refractivity contribution in [3.05, 3.63) is 54.5 Å². The number of ether oxygens (including phenoxy) is 2. The van der Waals surface area contributed by atoms with E-state index in [1.807, 2.05) is 19.3 Å². The molecule has 27 heavy (non-hydrogen) atoms. The predicted molar refractivity (Wildman–Crippen MR) is 97.9 cm³/mol. The summed E-state index contributed by atoms with van der Waals surface area (Å²) in [5.41, 5.74) is 2.27. The minimum atomic E-state index is -3.72. The highest BCUT2D eigenvalue weighted by atomic mass is 32.2. The first-order valence-corrected chi connectivity index (χ1v) is 9.83. The largest absolute Gasteiger partial charge is 0.486 e. The molecular formula is C18H18N4O4S. The molecule has 140 valence electrons. The van der Waals surface area contributed by atoms with E-state index in [1.165, 1.54) is 12.1 Å². The summed E-state index contributed by atoms with van der Waals surface area (Å²) >= 11 is 0. The Morgan fingerprint density at radius 2 is 2.00 bits per heavy atom. The zero-order valence-corrected chi connectivity index (χ0v) is 15.4. The number of fused-ring (bicyclic) bond motifs is 1. The van der Waals surface area contributed by atoms with Gasteiger partial charge >= 0.3 is 0 Å². The van der Waals surface area contributed by atoms with E-state index in [9.17, 15) is 8.42 Å². The van der Waals surface area contributed by atoms with Crippen LogP contribution in [0.5, 0.6) is 11.5 Å². The molecule has 0 amide bonds. The number of nitrogens with one attached hydrogen (secondary N) is 1. The van der Waals surface area contributed by atoms with Gasteiger partial charge in [0.1, 0.15) is 13.2 Å². The third-order valence-electron chi connectivity index (χ3n) is 4.15. The van der Waals surface area contributed by atoms with E-state index in [0.29, 0.717) is 30.4 Å². The average molecular weight is 386 g/mol. The van der Waals surface area contributed by atoms with Crippen LogP contribution in [0.25, 0.3) is 11.3 Å². The fourth-order valence-corrected chi connectivity index (χ4v) is 3.85. The zero-order chi connectivity index (χ0) is 18.9. The monoisotopic (exact) mass is 386 g/mol. The molecule has 3 aromatic rings. The predicted octanol–water partition coefficient (Wildman–Crippen LogP) is 1.73. The SMILES string of the molecule is Cn1cc(-c2ncccc2CNS(=O)(=O)c2ccc3c(c2)OCCO3)cn1. The van der Waals surface area contributed by atoms with Crippen LogP contribution in [0.3, 0.4) is 0 Å². The number of nitrogens with zero attached hydrogens (tertiary/aromatic N) is 3. The van der Waals surface area contributed by atoms with Gasteiger partial charge in [0.2, 0.25) is 10.0 Å². The second-order valence-corrected chi connectivity index (χ2v) is 7.81. The van der Waals surface area contributed by atoms with Crippen LogP contribution in [0.2, 0.25) is 0 Å². The van der Waals surface area contributed by atoms with E-state index in [1.54, 1.807) is 29.2 Å². The van der Waals surface area contributed by atoms with Crippen molar-refractivity contribution < 1.29 is 17.9 Å². The first-order valence-electron chi connectivity index (χ1n) is 8.35. The molecule has 1 N–H and O–H groups in total. The van der Waals surface area contributed by atoms with Gasteiger partial charge in [-0.25, -0.2) is 13.1 Å². The molecular weight excluding hydrogens is 368 g/mol. The van der Waals surface area contributed by atoms with E-state index in [2.05, 4.69) is 14.8 Å². The molecule has 8 nitrogen and oxygen atoms in total. The lowest BCUT2D eigenvalue weighted by molar-refractivity contribution is 0.171. The Kier molecular flexibility index (Phi) is 4.54. The Morgan fingerprint density at radius 3 is 2.78 bits per heavy atom. The minimum absolute atomic E-state index is 0.106. The second kappa shape index (κ2) is 7.01. The van der Waals surface area contributed by atoms with E-state index < -0.39 is 10.0 Å². The topological polar surface area (TPSA) is 95.3 Å². The van der Waals surface area contributed by atoms with Gasteiger partial charge in [-0.3, -0.25) is 9.67 Å². The van der Waals surface area contributed by atoms with Crippen molar-refractivity contribution in [2.24, 2.45) is 7.05 Å². The summed E-state index contributed by atoms with van der Waals surface area (Å²) in [6, 6.07) is 8.19. The highest BCUT2D eigenvalue weighted by Gasteiger charge is 2.20. The molecule has 9 heteroatoms. The lowest BCUT2D eigenvalue weighted by atomic mass is 10.1. The zero-order valence-electron chi connectivity index (χ0n) is 14.6. The Labute approximate surface area is 156 Å². The van der Waals surface area contributed by atoms with Crippen molar-refractivity contribution in [3.8, 4) is 22.8 Å². The van der Waals surface area contributed by atoms with Gasteiger partial charge in [0.05, 0.1) is 16.8 Å². The lowest BCUT2D eigenvalue weighted by Gasteiger charge is -2.19. The van der Waals surface area contributed by atoms with E-state index in [4.69, 9.17) is 9.47 Å². The van der Waals surface area contributed by atoms with Crippen molar-refractivity contribution in [1.29, 1.82) is 0 Å². The summed E-state index contributed by atoms with van der Waals surface area (Å²) in [7, 11) is -1.90. The van der Waals surface area contributed by atoms with E-state index in [0.717, 1.165) is 11.1 Å². The smallest absolute Gasteiger partial charge is 0.241 e. The second-order valence-electron chi connectivity index (χ2n) is 6.04. The summed E-state index contributed by atoms with van der Waals surface area (Å²) in [6.45, 7) is 0.957. The van der Waals surface area contributed by atoms with Gasteiger partial charge in [0.15, 0.2) is 11.5 Å². The summed E-state index contributed by atoms with van der Waals surface area (Å²) in [4.78, 5) is 4.49. The standard InChI is InChI=1S/C18H18N4O4S/c1-22-12-14(10-20-22)18-13(3-2-6-19-18)11-21-27(23,24)15-4-5-16-17(9-15)26-8-7-25-16/h2-6,9-10,12,21H,7-8,11H2,1H3. The normalized spacial score (nSPS) is 13.5. The number of benzene rings is 1. The van der Waals surface area contributed by atoms with Crippen LogP contribution in [-0.4, -0.2) is 36.4 Å². The maximum absolute atomic E-state index is 12.7. The van der Waals surface area contributed by atoms with Gasteiger partial charge in [-0.05, 0) is 23.8 Å². The van der Waals surface area contributed by atoms with Gasteiger partial charge in [0, 0.05) is 37.6 Å². The Bertz CT molecular complexity index is 1080. The summed E-state index contributed by atoms with van der Waals surface area (Å²) in [6.07, 6.45) is 5.20. The summed E-state index contributed by atoms with van der Waals surface area (Å²) in [5, 5.41) is 4.14. The van der Waals surface area contributed by atoms with Crippen molar-refractivity contribution in [3.63, 3.8) is 0 Å². The first kappa shape index (κ1) is 17.5. The molecule has 1 aliphatic rings. The Balaban J connectivity index is 1.57. The van der Waals surface area contributed by atoms with Gasteiger partial charge < -0.3 is 9.47 Å². The quantitative estimate of drug-likeness (QED) is 0.718. The number of aromatic nitrogens is 3. The third kappa shape index (κ3) is 3.64. The first-order chi connectivity index (χ1) is 13.0.